The fraction of sp³-hybridized carbons (Fsp3) is 0.364. The first-order valence-corrected chi connectivity index (χ1v) is 4.29. The first-order valence-electron chi connectivity index (χ1n) is 4.29. The summed E-state index contributed by atoms with van der Waals surface area (Å²) in [7, 11) is 0. The van der Waals surface area contributed by atoms with Gasteiger partial charge in [-0.15, -0.1) is 0 Å². The van der Waals surface area contributed by atoms with Gasteiger partial charge in [0.25, 0.3) is 0 Å². The second-order valence-electron chi connectivity index (χ2n) is 3.04. The van der Waals surface area contributed by atoms with Gasteiger partial charge in [-0.3, -0.25) is 4.99 Å². The molecule has 1 heteroatoms. The lowest BCUT2D eigenvalue weighted by Gasteiger charge is -2.11. The van der Waals surface area contributed by atoms with Crippen molar-refractivity contribution in [2.24, 2.45) is 4.99 Å². The van der Waals surface area contributed by atoms with Crippen molar-refractivity contribution in [3.8, 4) is 0 Å². The molecule has 0 saturated heterocycles. The first kappa shape index (κ1) is 8.98. The summed E-state index contributed by atoms with van der Waals surface area (Å²) >= 11 is 0. The van der Waals surface area contributed by atoms with Crippen molar-refractivity contribution in [1.82, 2.24) is 0 Å². The molecule has 0 aromatic heterocycles. The second kappa shape index (κ2) is 4.05. The average molecular weight is 161 g/mol. The number of aliphatic imine (C=N–C) groups is 1. The summed E-state index contributed by atoms with van der Waals surface area (Å²) in [5.41, 5.74) is 3.51. The van der Waals surface area contributed by atoms with E-state index >= 15 is 0 Å². The number of hydrogen-bond donors (Lipinski definition) is 0. The van der Waals surface area contributed by atoms with Crippen molar-refractivity contribution < 1.29 is 0 Å². The fourth-order valence-electron chi connectivity index (χ4n) is 1.30. The lowest BCUT2D eigenvalue weighted by Crippen LogP contribution is -1.96. The quantitative estimate of drug-likeness (QED) is 0.559. The minimum absolute atomic E-state index is 1.05. The van der Waals surface area contributed by atoms with Gasteiger partial charge < -0.3 is 0 Å². The Hall–Kier alpha value is -1.11. The monoisotopic (exact) mass is 161 g/mol. The third-order valence-electron chi connectivity index (χ3n) is 1.80. The molecule has 0 radical (unpaired) electrons. The summed E-state index contributed by atoms with van der Waals surface area (Å²) in [6, 6.07) is 0. The van der Waals surface area contributed by atoms with Crippen molar-refractivity contribution in [3.63, 3.8) is 0 Å². The summed E-state index contributed by atoms with van der Waals surface area (Å²) in [4.78, 5) is 4.31. The summed E-state index contributed by atoms with van der Waals surface area (Å²) in [6.45, 7) is 7.89. The first-order chi connectivity index (χ1) is 5.74. The highest BCUT2D eigenvalue weighted by Gasteiger charge is 2.05. The van der Waals surface area contributed by atoms with Crippen LogP contribution in [0.25, 0.3) is 0 Å². The van der Waals surface area contributed by atoms with E-state index in [0.29, 0.717) is 0 Å². The molecular weight excluding hydrogens is 146 g/mol. The second-order valence-corrected chi connectivity index (χ2v) is 3.04. The van der Waals surface area contributed by atoms with Crippen LogP contribution in [0.3, 0.4) is 0 Å². The molecule has 12 heavy (non-hydrogen) atoms. The van der Waals surface area contributed by atoms with Gasteiger partial charge in [-0.1, -0.05) is 24.3 Å². The topological polar surface area (TPSA) is 12.4 Å². The van der Waals surface area contributed by atoms with E-state index < -0.39 is 0 Å². The van der Waals surface area contributed by atoms with E-state index in [1.165, 1.54) is 5.57 Å². The minimum atomic E-state index is 1.05. The average Bonchev–Trinajstić information content (AvgIpc) is 2.04. The number of rotatable bonds is 1. The van der Waals surface area contributed by atoms with Gasteiger partial charge in [0, 0.05) is 6.21 Å². The molecule has 1 rings (SSSR count). The molecule has 1 heterocycles. The zero-order chi connectivity index (χ0) is 8.97. The Morgan fingerprint density at radius 1 is 1.67 bits per heavy atom. The van der Waals surface area contributed by atoms with Gasteiger partial charge in [-0.05, 0) is 32.3 Å². The van der Waals surface area contributed by atoms with Crippen LogP contribution in [-0.4, -0.2) is 6.21 Å². The minimum Gasteiger partial charge on any atom is -0.261 e. The van der Waals surface area contributed by atoms with Crippen LogP contribution in [0.15, 0.2) is 40.6 Å². The van der Waals surface area contributed by atoms with E-state index in [2.05, 4.69) is 17.6 Å². The maximum atomic E-state index is 4.31. The highest BCUT2D eigenvalue weighted by atomic mass is 14.7. The number of allylic oxidation sites excluding steroid dienone is 4. The number of hydrogen-bond acceptors (Lipinski definition) is 1. The molecule has 0 bridgehead atoms. The highest BCUT2D eigenvalue weighted by Crippen LogP contribution is 2.21. The molecular formula is C11H15N. The smallest absolute Gasteiger partial charge is 0.0615 e. The summed E-state index contributed by atoms with van der Waals surface area (Å²) in [5.74, 6) is 0. The normalized spacial score (nSPS) is 23.5. The molecule has 1 aliphatic heterocycles. The molecule has 64 valence electrons. The molecule has 0 aromatic carbocycles. The van der Waals surface area contributed by atoms with E-state index in [1.54, 1.807) is 0 Å². The SMILES string of the molecule is C=C(C)/C=C1/CCC=NC1=CC. The Bertz CT molecular complexity index is 267. The van der Waals surface area contributed by atoms with E-state index in [0.717, 1.165) is 24.1 Å². The standard InChI is InChI=1S/C11H15N/c1-4-11-10(8-9(2)3)6-5-7-12-11/h4,7-8H,2,5-6H2,1,3H3/b10-8-,11-4?. The van der Waals surface area contributed by atoms with Crippen molar-refractivity contribution in [1.29, 1.82) is 0 Å². The maximum absolute atomic E-state index is 4.31. The van der Waals surface area contributed by atoms with Crippen LogP contribution < -0.4 is 0 Å². The molecule has 0 amide bonds. The third-order valence-corrected chi connectivity index (χ3v) is 1.80. The summed E-state index contributed by atoms with van der Waals surface area (Å²) in [5, 5.41) is 0. The van der Waals surface area contributed by atoms with Crippen molar-refractivity contribution in [2.75, 3.05) is 0 Å². The van der Waals surface area contributed by atoms with Crippen LogP contribution >= 0.6 is 0 Å². The van der Waals surface area contributed by atoms with Crippen LogP contribution in [0.4, 0.5) is 0 Å². The van der Waals surface area contributed by atoms with Gasteiger partial charge in [0.2, 0.25) is 0 Å². The molecule has 0 aliphatic carbocycles. The zero-order valence-electron chi connectivity index (χ0n) is 7.80. The van der Waals surface area contributed by atoms with Crippen molar-refractivity contribution in [2.45, 2.75) is 26.7 Å². The van der Waals surface area contributed by atoms with Crippen LogP contribution in [0.2, 0.25) is 0 Å². The van der Waals surface area contributed by atoms with E-state index in [-0.39, 0.29) is 0 Å². The van der Waals surface area contributed by atoms with Crippen LogP contribution in [0, 0.1) is 0 Å². The Balaban J connectivity index is 2.90. The van der Waals surface area contributed by atoms with Crippen LogP contribution in [0.1, 0.15) is 26.7 Å². The summed E-state index contributed by atoms with van der Waals surface area (Å²) in [6.07, 6.45) is 8.29. The molecule has 0 unspecified atom stereocenters. The Labute approximate surface area is 74.2 Å². The zero-order valence-corrected chi connectivity index (χ0v) is 7.80. The molecule has 0 N–H and O–H groups in total. The molecule has 0 atom stereocenters. The largest absolute Gasteiger partial charge is 0.261 e. The van der Waals surface area contributed by atoms with Crippen LogP contribution in [0.5, 0.6) is 0 Å². The molecule has 0 aromatic rings. The molecule has 0 fully saturated rings. The van der Waals surface area contributed by atoms with Gasteiger partial charge in [0.1, 0.15) is 0 Å². The van der Waals surface area contributed by atoms with Gasteiger partial charge >= 0.3 is 0 Å². The van der Waals surface area contributed by atoms with Gasteiger partial charge in [0.05, 0.1) is 5.70 Å². The molecule has 1 nitrogen and oxygen atoms in total. The Kier molecular flexibility index (Phi) is 3.03. The van der Waals surface area contributed by atoms with Crippen molar-refractivity contribution >= 4 is 6.21 Å². The van der Waals surface area contributed by atoms with Crippen LogP contribution in [-0.2, 0) is 0 Å². The van der Waals surface area contributed by atoms with E-state index in [1.807, 2.05) is 26.1 Å². The van der Waals surface area contributed by atoms with E-state index in [4.69, 9.17) is 0 Å². The highest BCUT2D eigenvalue weighted by molar-refractivity contribution is 5.64. The number of nitrogens with zero attached hydrogens (tertiary/aromatic N) is 1. The Morgan fingerprint density at radius 2 is 2.42 bits per heavy atom. The maximum Gasteiger partial charge on any atom is 0.0615 e. The molecule has 0 spiro atoms. The third kappa shape index (κ3) is 2.19. The predicted octanol–water partition coefficient (Wildman–Crippen LogP) is 3.26. The van der Waals surface area contributed by atoms with E-state index in [9.17, 15) is 0 Å². The van der Waals surface area contributed by atoms with Crippen molar-refractivity contribution in [3.05, 3.63) is 35.6 Å². The lowest BCUT2D eigenvalue weighted by atomic mass is 10.0. The van der Waals surface area contributed by atoms with Gasteiger partial charge in [0.15, 0.2) is 0 Å². The summed E-state index contributed by atoms with van der Waals surface area (Å²) < 4.78 is 0. The predicted molar refractivity (Wildman–Crippen MR) is 54.4 cm³/mol. The van der Waals surface area contributed by atoms with Gasteiger partial charge in [-0.2, -0.15) is 0 Å². The Morgan fingerprint density at radius 3 is 3.00 bits per heavy atom. The molecule has 1 aliphatic rings. The lowest BCUT2D eigenvalue weighted by molar-refractivity contribution is 0.982. The fourth-order valence-corrected chi connectivity index (χ4v) is 1.30. The molecule has 0 saturated carbocycles. The van der Waals surface area contributed by atoms with Gasteiger partial charge in [-0.25, -0.2) is 0 Å².